The quantitative estimate of drug-likeness (QED) is 0.859. The summed E-state index contributed by atoms with van der Waals surface area (Å²) in [7, 11) is 1.64. The highest BCUT2D eigenvalue weighted by molar-refractivity contribution is 5.17. The Bertz CT molecular complexity index is 399. The van der Waals surface area contributed by atoms with Crippen molar-refractivity contribution < 1.29 is 4.74 Å². The van der Waals surface area contributed by atoms with Crippen LogP contribution in [0.5, 0.6) is 5.88 Å². The van der Waals surface area contributed by atoms with E-state index in [4.69, 9.17) is 4.74 Å². The van der Waals surface area contributed by atoms with Gasteiger partial charge in [0.05, 0.1) is 7.11 Å². The molecule has 0 aliphatic carbocycles. The predicted molar refractivity (Wildman–Crippen MR) is 78.6 cm³/mol. The molecule has 1 N–H and O–H groups in total. The van der Waals surface area contributed by atoms with E-state index in [-0.39, 0.29) is 5.41 Å². The summed E-state index contributed by atoms with van der Waals surface area (Å²) in [6, 6.07) is 2.32. The smallest absolute Gasteiger partial charge is 0.216 e. The van der Waals surface area contributed by atoms with E-state index in [2.05, 4.69) is 43.0 Å². The summed E-state index contributed by atoms with van der Waals surface area (Å²) in [4.78, 5) is 8.74. The Morgan fingerprint density at radius 2 is 2.00 bits per heavy atom. The first kappa shape index (κ1) is 15.9. The molecule has 0 aromatic carbocycles. The van der Waals surface area contributed by atoms with Crippen LogP contribution in [0.4, 0.5) is 0 Å². The molecule has 0 saturated heterocycles. The monoisotopic (exact) mass is 265 g/mol. The van der Waals surface area contributed by atoms with Gasteiger partial charge in [0.2, 0.25) is 5.88 Å². The summed E-state index contributed by atoms with van der Waals surface area (Å²) in [6.45, 7) is 11.9. The van der Waals surface area contributed by atoms with Crippen molar-refractivity contribution in [3.8, 4) is 5.88 Å². The van der Waals surface area contributed by atoms with Gasteiger partial charge >= 0.3 is 0 Å². The Morgan fingerprint density at radius 1 is 1.32 bits per heavy atom. The fourth-order valence-corrected chi connectivity index (χ4v) is 2.02. The average molecular weight is 265 g/mol. The Morgan fingerprint density at radius 3 is 2.53 bits per heavy atom. The number of hydrogen-bond acceptors (Lipinski definition) is 4. The van der Waals surface area contributed by atoms with Crippen LogP contribution < -0.4 is 10.1 Å². The molecular weight excluding hydrogens is 238 g/mol. The van der Waals surface area contributed by atoms with Crippen molar-refractivity contribution in [3.63, 3.8) is 0 Å². The van der Waals surface area contributed by atoms with Crippen LogP contribution in [0.25, 0.3) is 0 Å². The molecular formula is C15H27N3O. The third kappa shape index (κ3) is 5.15. The summed E-state index contributed by atoms with van der Waals surface area (Å²) in [5.41, 5.74) is 1.23. The standard InChI is InChI=1S/C15H27N3O/c1-7-8-16-13(15(3,4)5)9-12-10-14(19-6)18-11(2)17-12/h10,13,16H,7-9H2,1-6H3. The second-order valence-corrected chi connectivity index (χ2v) is 6.03. The number of rotatable bonds is 6. The molecule has 0 amide bonds. The molecule has 1 aromatic rings. The summed E-state index contributed by atoms with van der Waals surface area (Å²) in [5.74, 6) is 1.41. The highest BCUT2D eigenvalue weighted by Gasteiger charge is 2.24. The number of nitrogens with one attached hydrogen (secondary N) is 1. The molecule has 0 aliphatic heterocycles. The zero-order valence-electron chi connectivity index (χ0n) is 13.1. The first-order valence-electron chi connectivity index (χ1n) is 6.98. The van der Waals surface area contributed by atoms with E-state index in [1.165, 1.54) is 0 Å². The van der Waals surface area contributed by atoms with Crippen LogP contribution in [-0.2, 0) is 6.42 Å². The lowest BCUT2D eigenvalue weighted by Crippen LogP contribution is -2.42. The molecule has 0 fully saturated rings. The van der Waals surface area contributed by atoms with Crippen LogP contribution in [-0.4, -0.2) is 29.7 Å². The Balaban J connectivity index is 2.86. The molecule has 1 unspecified atom stereocenters. The zero-order valence-corrected chi connectivity index (χ0v) is 13.1. The Hall–Kier alpha value is -1.16. The first-order chi connectivity index (χ1) is 8.86. The van der Waals surface area contributed by atoms with Gasteiger partial charge in [0.15, 0.2) is 0 Å². The van der Waals surface area contributed by atoms with Crippen LogP contribution in [0.2, 0.25) is 0 Å². The van der Waals surface area contributed by atoms with Crippen molar-refractivity contribution in [2.24, 2.45) is 5.41 Å². The Labute approximate surface area is 117 Å². The van der Waals surface area contributed by atoms with Gasteiger partial charge in [0, 0.05) is 24.2 Å². The fraction of sp³-hybridized carbons (Fsp3) is 0.733. The van der Waals surface area contributed by atoms with Gasteiger partial charge in [-0.15, -0.1) is 0 Å². The highest BCUT2D eigenvalue weighted by atomic mass is 16.5. The number of ether oxygens (including phenoxy) is 1. The van der Waals surface area contributed by atoms with Crippen LogP contribution in [0.1, 0.15) is 45.6 Å². The normalized spacial score (nSPS) is 13.4. The van der Waals surface area contributed by atoms with E-state index in [0.717, 1.165) is 30.9 Å². The van der Waals surface area contributed by atoms with E-state index in [0.29, 0.717) is 11.9 Å². The van der Waals surface area contributed by atoms with Gasteiger partial charge in [-0.2, -0.15) is 4.98 Å². The average Bonchev–Trinajstić information content (AvgIpc) is 2.32. The fourth-order valence-electron chi connectivity index (χ4n) is 2.02. The summed E-state index contributed by atoms with van der Waals surface area (Å²) >= 11 is 0. The van der Waals surface area contributed by atoms with E-state index >= 15 is 0 Å². The van der Waals surface area contributed by atoms with E-state index in [9.17, 15) is 0 Å². The van der Waals surface area contributed by atoms with Crippen molar-refractivity contribution in [1.29, 1.82) is 0 Å². The number of nitrogens with zero attached hydrogens (tertiary/aromatic N) is 2. The van der Waals surface area contributed by atoms with Gasteiger partial charge in [-0.25, -0.2) is 4.98 Å². The molecule has 0 radical (unpaired) electrons. The second kappa shape index (κ2) is 6.85. The molecule has 0 saturated carbocycles. The molecule has 1 rings (SSSR count). The third-order valence-electron chi connectivity index (χ3n) is 3.18. The molecule has 19 heavy (non-hydrogen) atoms. The highest BCUT2D eigenvalue weighted by Crippen LogP contribution is 2.23. The van der Waals surface area contributed by atoms with Crippen molar-refractivity contribution in [2.45, 2.75) is 53.5 Å². The minimum Gasteiger partial charge on any atom is -0.481 e. The SMILES string of the molecule is CCCNC(Cc1cc(OC)nc(C)n1)C(C)(C)C. The molecule has 0 spiro atoms. The maximum Gasteiger partial charge on any atom is 0.216 e. The topological polar surface area (TPSA) is 47.0 Å². The summed E-state index contributed by atoms with van der Waals surface area (Å²) < 4.78 is 5.21. The summed E-state index contributed by atoms with van der Waals surface area (Å²) in [6.07, 6.45) is 2.03. The molecule has 4 nitrogen and oxygen atoms in total. The lowest BCUT2D eigenvalue weighted by atomic mass is 9.84. The molecule has 1 aromatic heterocycles. The first-order valence-corrected chi connectivity index (χ1v) is 6.98. The molecule has 1 atom stereocenters. The van der Waals surface area contributed by atoms with Gasteiger partial charge < -0.3 is 10.1 Å². The van der Waals surface area contributed by atoms with Gasteiger partial charge in [0.25, 0.3) is 0 Å². The van der Waals surface area contributed by atoms with E-state index in [1.807, 2.05) is 13.0 Å². The zero-order chi connectivity index (χ0) is 14.5. The minimum absolute atomic E-state index is 0.196. The van der Waals surface area contributed by atoms with Gasteiger partial charge in [-0.3, -0.25) is 0 Å². The number of aromatic nitrogens is 2. The van der Waals surface area contributed by atoms with Gasteiger partial charge in [0.1, 0.15) is 5.82 Å². The lowest BCUT2D eigenvalue weighted by molar-refractivity contribution is 0.264. The van der Waals surface area contributed by atoms with Gasteiger partial charge in [-0.1, -0.05) is 27.7 Å². The van der Waals surface area contributed by atoms with Gasteiger partial charge in [-0.05, 0) is 25.3 Å². The van der Waals surface area contributed by atoms with E-state index < -0.39 is 0 Å². The van der Waals surface area contributed by atoms with Crippen LogP contribution in [0.3, 0.4) is 0 Å². The van der Waals surface area contributed by atoms with Crippen molar-refractivity contribution >= 4 is 0 Å². The largest absolute Gasteiger partial charge is 0.481 e. The maximum absolute atomic E-state index is 5.21. The lowest BCUT2D eigenvalue weighted by Gasteiger charge is -2.31. The number of hydrogen-bond donors (Lipinski definition) is 1. The van der Waals surface area contributed by atoms with E-state index in [1.54, 1.807) is 7.11 Å². The molecule has 4 heteroatoms. The maximum atomic E-state index is 5.21. The molecule has 0 aliphatic rings. The minimum atomic E-state index is 0.196. The molecule has 0 bridgehead atoms. The van der Waals surface area contributed by atoms with Crippen molar-refractivity contribution in [1.82, 2.24) is 15.3 Å². The number of methoxy groups -OCH3 is 1. The van der Waals surface area contributed by atoms with Crippen molar-refractivity contribution in [2.75, 3.05) is 13.7 Å². The van der Waals surface area contributed by atoms with Crippen molar-refractivity contribution in [3.05, 3.63) is 17.6 Å². The molecule has 1 heterocycles. The number of aryl methyl sites for hydroxylation is 1. The molecule has 108 valence electrons. The summed E-state index contributed by atoms with van der Waals surface area (Å²) in [5, 5.41) is 3.61. The van der Waals surface area contributed by atoms with Crippen LogP contribution in [0, 0.1) is 12.3 Å². The third-order valence-corrected chi connectivity index (χ3v) is 3.18. The Kier molecular flexibility index (Phi) is 5.73. The predicted octanol–water partition coefficient (Wildman–Crippen LogP) is 2.75. The van der Waals surface area contributed by atoms with Crippen LogP contribution in [0.15, 0.2) is 6.07 Å². The van der Waals surface area contributed by atoms with Crippen LogP contribution >= 0.6 is 0 Å². The second-order valence-electron chi connectivity index (χ2n) is 6.03.